The number of aromatic nitrogens is 2. The molecule has 0 aliphatic carbocycles. The van der Waals surface area contributed by atoms with Crippen LogP contribution in [-0.4, -0.2) is 16.1 Å². The molecule has 0 unspecified atom stereocenters. The first-order valence-electron chi connectivity index (χ1n) is 5.16. The predicted molar refractivity (Wildman–Crippen MR) is 66.3 cm³/mol. The van der Waals surface area contributed by atoms with Gasteiger partial charge in [0.15, 0.2) is 5.15 Å². The fourth-order valence-corrected chi connectivity index (χ4v) is 1.47. The van der Waals surface area contributed by atoms with Gasteiger partial charge in [-0.2, -0.15) is 5.10 Å². The molecule has 2 aromatic rings. The zero-order chi connectivity index (χ0) is 13.0. The standard InChI is InChI=1S/C12H10ClN3O2/c13-11-6-5-8(15-16-11)7-18-10-4-2-1-3-9(10)12(14)17/h1-6H,7H2,(H2,14,17). The minimum absolute atomic E-state index is 0.189. The Morgan fingerprint density at radius 2 is 2.00 bits per heavy atom. The molecule has 0 atom stereocenters. The van der Waals surface area contributed by atoms with Crippen LogP contribution in [0.25, 0.3) is 0 Å². The van der Waals surface area contributed by atoms with E-state index < -0.39 is 5.91 Å². The number of hydrogen-bond donors (Lipinski definition) is 1. The summed E-state index contributed by atoms with van der Waals surface area (Å²) in [6, 6.07) is 10.1. The highest BCUT2D eigenvalue weighted by Gasteiger charge is 2.08. The van der Waals surface area contributed by atoms with Crippen LogP contribution >= 0.6 is 11.6 Å². The monoisotopic (exact) mass is 263 g/mol. The number of ether oxygens (including phenoxy) is 1. The van der Waals surface area contributed by atoms with Crippen LogP contribution in [0.5, 0.6) is 5.75 Å². The van der Waals surface area contributed by atoms with Crippen LogP contribution < -0.4 is 10.5 Å². The highest BCUT2D eigenvalue weighted by atomic mass is 35.5. The molecule has 2 rings (SSSR count). The molecular weight excluding hydrogens is 254 g/mol. The van der Waals surface area contributed by atoms with E-state index >= 15 is 0 Å². The minimum Gasteiger partial charge on any atom is -0.486 e. The maximum atomic E-state index is 11.2. The van der Waals surface area contributed by atoms with Gasteiger partial charge >= 0.3 is 0 Å². The number of hydrogen-bond acceptors (Lipinski definition) is 4. The van der Waals surface area contributed by atoms with E-state index in [0.29, 0.717) is 22.2 Å². The van der Waals surface area contributed by atoms with E-state index in [4.69, 9.17) is 22.1 Å². The Hall–Kier alpha value is -2.14. The van der Waals surface area contributed by atoms with Crippen molar-refractivity contribution in [2.45, 2.75) is 6.61 Å². The average Bonchev–Trinajstić information content (AvgIpc) is 2.38. The van der Waals surface area contributed by atoms with Crippen molar-refractivity contribution in [2.24, 2.45) is 5.73 Å². The van der Waals surface area contributed by atoms with Crippen LogP contribution in [0.3, 0.4) is 0 Å². The third-order valence-corrected chi connectivity index (χ3v) is 2.42. The molecule has 0 spiro atoms. The van der Waals surface area contributed by atoms with E-state index in [1.165, 1.54) is 0 Å². The molecule has 1 aromatic heterocycles. The third kappa shape index (κ3) is 2.95. The summed E-state index contributed by atoms with van der Waals surface area (Å²) in [5.41, 5.74) is 6.18. The Balaban J connectivity index is 2.10. The molecule has 0 saturated carbocycles. The Bertz CT molecular complexity index is 558. The van der Waals surface area contributed by atoms with Crippen LogP contribution in [0.15, 0.2) is 36.4 Å². The second-order valence-corrected chi connectivity index (χ2v) is 3.88. The highest BCUT2D eigenvalue weighted by molar-refractivity contribution is 6.29. The summed E-state index contributed by atoms with van der Waals surface area (Å²) in [6.45, 7) is 0.189. The maximum Gasteiger partial charge on any atom is 0.252 e. The SMILES string of the molecule is NC(=O)c1ccccc1OCc1ccc(Cl)nn1. The number of nitrogens with zero attached hydrogens (tertiary/aromatic N) is 2. The summed E-state index contributed by atoms with van der Waals surface area (Å²) in [5.74, 6) is -0.116. The lowest BCUT2D eigenvalue weighted by Crippen LogP contribution is -2.13. The highest BCUT2D eigenvalue weighted by Crippen LogP contribution is 2.18. The number of carbonyl (C=O) groups is 1. The molecule has 92 valence electrons. The van der Waals surface area contributed by atoms with Crippen LogP contribution in [0, 0.1) is 0 Å². The lowest BCUT2D eigenvalue weighted by atomic mass is 10.2. The van der Waals surface area contributed by atoms with Crippen molar-refractivity contribution in [3.63, 3.8) is 0 Å². The van der Waals surface area contributed by atoms with Gasteiger partial charge in [-0.15, -0.1) is 5.10 Å². The fraction of sp³-hybridized carbons (Fsp3) is 0.0833. The lowest BCUT2D eigenvalue weighted by molar-refractivity contribution is 0.0996. The van der Waals surface area contributed by atoms with Gasteiger partial charge in [0, 0.05) is 0 Å². The Labute approximate surface area is 109 Å². The molecule has 0 aliphatic heterocycles. The molecule has 1 aromatic carbocycles. The van der Waals surface area contributed by atoms with Gasteiger partial charge in [-0.1, -0.05) is 23.7 Å². The van der Waals surface area contributed by atoms with Crippen LogP contribution in [0.2, 0.25) is 5.15 Å². The van der Waals surface area contributed by atoms with Crippen LogP contribution in [0.1, 0.15) is 16.1 Å². The zero-order valence-corrected chi connectivity index (χ0v) is 10.1. The van der Waals surface area contributed by atoms with E-state index in [0.717, 1.165) is 0 Å². The summed E-state index contributed by atoms with van der Waals surface area (Å²) in [5, 5.41) is 7.85. The Morgan fingerprint density at radius 3 is 2.67 bits per heavy atom. The molecule has 2 N–H and O–H groups in total. The molecule has 1 amide bonds. The zero-order valence-electron chi connectivity index (χ0n) is 9.34. The van der Waals surface area contributed by atoms with Gasteiger partial charge in [-0.3, -0.25) is 4.79 Å². The molecule has 6 heteroatoms. The molecule has 0 aliphatic rings. The van der Waals surface area contributed by atoms with Crippen molar-refractivity contribution in [3.8, 4) is 5.75 Å². The van der Waals surface area contributed by atoms with E-state index in [2.05, 4.69) is 10.2 Å². The van der Waals surface area contributed by atoms with Crippen LogP contribution in [-0.2, 0) is 6.61 Å². The largest absolute Gasteiger partial charge is 0.486 e. The normalized spacial score (nSPS) is 10.1. The fourth-order valence-electron chi connectivity index (χ4n) is 1.37. The summed E-state index contributed by atoms with van der Waals surface area (Å²) in [6.07, 6.45) is 0. The lowest BCUT2D eigenvalue weighted by Gasteiger charge is -2.08. The van der Waals surface area contributed by atoms with Gasteiger partial charge in [0.1, 0.15) is 18.1 Å². The maximum absolute atomic E-state index is 11.2. The van der Waals surface area contributed by atoms with E-state index in [1.807, 2.05) is 0 Å². The number of nitrogens with two attached hydrogens (primary N) is 1. The average molecular weight is 264 g/mol. The number of carbonyl (C=O) groups excluding carboxylic acids is 1. The van der Waals surface area contributed by atoms with Crippen molar-refractivity contribution in [1.82, 2.24) is 10.2 Å². The Morgan fingerprint density at radius 1 is 1.22 bits per heavy atom. The number of para-hydroxylation sites is 1. The molecule has 0 radical (unpaired) electrons. The molecule has 5 nitrogen and oxygen atoms in total. The predicted octanol–water partition coefficient (Wildman–Crippen LogP) is 1.81. The van der Waals surface area contributed by atoms with Gasteiger partial charge in [-0.25, -0.2) is 0 Å². The molecule has 18 heavy (non-hydrogen) atoms. The van der Waals surface area contributed by atoms with Gasteiger partial charge < -0.3 is 10.5 Å². The number of amides is 1. The molecule has 0 bridgehead atoms. The number of rotatable bonds is 4. The van der Waals surface area contributed by atoms with E-state index in [1.54, 1.807) is 36.4 Å². The molecule has 1 heterocycles. The minimum atomic E-state index is -0.534. The van der Waals surface area contributed by atoms with E-state index in [9.17, 15) is 4.79 Å². The summed E-state index contributed by atoms with van der Waals surface area (Å²) >= 11 is 5.62. The summed E-state index contributed by atoms with van der Waals surface area (Å²) < 4.78 is 5.48. The topological polar surface area (TPSA) is 78.1 Å². The molecular formula is C12H10ClN3O2. The quantitative estimate of drug-likeness (QED) is 0.912. The van der Waals surface area contributed by atoms with Gasteiger partial charge in [0.25, 0.3) is 5.91 Å². The van der Waals surface area contributed by atoms with Gasteiger partial charge in [0.2, 0.25) is 0 Å². The number of halogens is 1. The molecule has 0 saturated heterocycles. The Kier molecular flexibility index (Phi) is 3.74. The van der Waals surface area contributed by atoms with Crippen LogP contribution in [0.4, 0.5) is 0 Å². The second kappa shape index (κ2) is 5.46. The van der Waals surface area contributed by atoms with Gasteiger partial charge in [0.05, 0.1) is 5.56 Å². The summed E-state index contributed by atoms with van der Waals surface area (Å²) in [4.78, 5) is 11.2. The smallest absolute Gasteiger partial charge is 0.252 e. The van der Waals surface area contributed by atoms with E-state index in [-0.39, 0.29) is 6.61 Å². The molecule has 0 fully saturated rings. The van der Waals surface area contributed by atoms with Crippen molar-refractivity contribution in [3.05, 3.63) is 52.8 Å². The first kappa shape index (κ1) is 12.3. The summed E-state index contributed by atoms with van der Waals surface area (Å²) in [7, 11) is 0. The second-order valence-electron chi connectivity index (χ2n) is 3.50. The first-order valence-corrected chi connectivity index (χ1v) is 5.54. The van der Waals surface area contributed by atoms with Crippen molar-refractivity contribution in [2.75, 3.05) is 0 Å². The van der Waals surface area contributed by atoms with Crippen molar-refractivity contribution in [1.29, 1.82) is 0 Å². The van der Waals surface area contributed by atoms with Crippen molar-refractivity contribution >= 4 is 17.5 Å². The first-order chi connectivity index (χ1) is 8.66. The third-order valence-electron chi connectivity index (χ3n) is 2.22. The number of benzene rings is 1. The van der Waals surface area contributed by atoms with Gasteiger partial charge in [-0.05, 0) is 24.3 Å². The number of primary amides is 1. The van der Waals surface area contributed by atoms with Crippen molar-refractivity contribution < 1.29 is 9.53 Å².